The third-order valence-corrected chi connectivity index (χ3v) is 4.48. The van der Waals surface area contributed by atoms with E-state index < -0.39 is 21.1 Å². The highest BCUT2D eigenvalue weighted by atomic mass is 32.2. The summed E-state index contributed by atoms with van der Waals surface area (Å²) in [7, 11) is -4.01. The Bertz CT molecular complexity index is 758. The Morgan fingerprint density at radius 2 is 1.70 bits per heavy atom. The van der Waals surface area contributed by atoms with Crippen LogP contribution in [0.4, 0.5) is 5.69 Å². The zero-order valence-electron chi connectivity index (χ0n) is 12.0. The highest BCUT2D eigenvalue weighted by Gasteiger charge is 2.18. The van der Waals surface area contributed by atoms with E-state index in [9.17, 15) is 23.6 Å². The average Bonchev–Trinajstić information content (AvgIpc) is 2.55. The second kappa shape index (κ2) is 7.32. The van der Waals surface area contributed by atoms with Gasteiger partial charge in [0.25, 0.3) is 15.8 Å². The summed E-state index contributed by atoms with van der Waals surface area (Å²) in [5, 5.41) is 20.5. The molecule has 0 heterocycles. The molecule has 0 amide bonds. The molecule has 0 radical (unpaired) electrons. The van der Waals surface area contributed by atoms with Crippen LogP contribution in [-0.2, 0) is 14.3 Å². The molecule has 1 unspecified atom stereocenters. The third kappa shape index (κ3) is 4.59. The lowest BCUT2D eigenvalue weighted by Crippen LogP contribution is -2.10. The first-order chi connectivity index (χ1) is 10.9. The molecule has 0 aliphatic heterocycles. The summed E-state index contributed by atoms with van der Waals surface area (Å²) in [6.07, 6.45) is -0.723. The Morgan fingerprint density at radius 3 is 2.26 bits per heavy atom. The van der Waals surface area contributed by atoms with E-state index >= 15 is 0 Å². The van der Waals surface area contributed by atoms with Crippen molar-refractivity contribution in [2.75, 3.05) is 6.61 Å². The van der Waals surface area contributed by atoms with Crippen molar-refractivity contribution in [2.24, 2.45) is 0 Å². The molecule has 0 saturated carbocycles. The lowest BCUT2D eigenvalue weighted by Gasteiger charge is -2.11. The van der Waals surface area contributed by atoms with Gasteiger partial charge in [0.05, 0.1) is 22.5 Å². The van der Waals surface area contributed by atoms with E-state index in [1.807, 2.05) is 6.07 Å². The van der Waals surface area contributed by atoms with Crippen LogP contribution in [-0.4, -0.2) is 25.1 Å². The molecular weight excluding hydrogens is 322 g/mol. The molecule has 0 spiro atoms. The smallest absolute Gasteiger partial charge is 0.296 e. The number of nitrogens with zero attached hydrogens (tertiary/aromatic N) is 1. The van der Waals surface area contributed by atoms with Gasteiger partial charge >= 0.3 is 0 Å². The van der Waals surface area contributed by atoms with Crippen LogP contribution in [0.15, 0.2) is 59.5 Å². The molecule has 23 heavy (non-hydrogen) atoms. The minimum absolute atomic E-state index is 0.107. The molecule has 0 bridgehead atoms. The third-order valence-electron chi connectivity index (χ3n) is 3.15. The molecule has 0 fully saturated rings. The number of nitro groups is 1. The second-order valence-electron chi connectivity index (χ2n) is 4.74. The molecular formula is C15H15NO6S. The summed E-state index contributed by atoms with van der Waals surface area (Å²) in [4.78, 5) is 9.75. The van der Waals surface area contributed by atoms with Crippen molar-refractivity contribution in [1.82, 2.24) is 0 Å². The van der Waals surface area contributed by atoms with Crippen molar-refractivity contribution in [3.8, 4) is 0 Å². The van der Waals surface area contributed by atoms with Crippen LogP contribution in [0.3, 0.4) is 0 Å². The fourth-order valence-corrected chi connectivity index (χ4v) is 2.84. The van der Waals surface area contributed by atoms with Crippen molar-refractivity contribution in [3.05, 3.63) is 70.3 Å². The Hall–Kier alpha value is -2.29. The van der Waals surface area contributed by atoms with Gasteiger partial charge in [0.1, 0.15) is 0 Å². The summed E-state index contributed by atoms with van der Waals surface area (Å²) in [5.41, 5.74) is 0.465. The number of aliphatic hydroxyl groups is 1. The molecule has 2 aromatic carbocycles. The molecule has 0 aliphatic carbocycles. The number of aliphatic hydroxyl groups excluding tert-OH is 1. The highest BCUT2D eigenvalue weighted by Crippen LogP contribution is 2.20. The van der Waals surface area contributed by atoms with Crippen LogP contribution in [0.5, 0.6) is 0 Å². The topological polar surface area (TPSA) is 107 Å². The quantitative estimate of drug-likeness (QED) is 0.472. The maximum Gasteiger partial charge on any atom is 0.296 e. The minimum Gasteiger partial charge on any atom is -0.388 e. The zero-order chi connectivity index (χ0) is 16.9. The van der Waals surface area contributed by atoms with E-state index in [2.05, 4.69) is 0 Å². The van der Waals surface area contributed by atoms with Gasteiger partial charge < -0.3 is 5.11 Å². The molecule has 2 rings (SSSR count). The van der Waals surface area contributed by atoms with Gasteiger partial charge in [-0.15, -0.1) is 0 Å². The van der Waals surface area contributed by atoms with Gasteiger partial charge in [0.2, 0.25) is 0 Å². The molecule has 0 aromatic heterocycles. The predicted octanol–water partition coefficient (Wildman–Crippen LogP) is 2.42. The van der Waals surface area contributed by atoms with E-state index in [-0.39, 0.29) is 23.6 Å². The molecule has 2 aromatic rings. The van der Waals surface area contributed by atoms with Gasteiger partial charge in [-0.25, -0.2) is 0 Å². The van der Waals surface area contributed by atoms with Crippen LogP contribution in [0, 0.1) is 10.1 Å². The molecule has 1 N–H and O–H groups in total. The number of non-ortho nitro benzene ring substituents is 1. The fraction of sp³-hybridized carbons (Fsp3) is 0.200. The Balaban J connectivity index is 1.95. The first kappa shape index (κ1) is 17.1. The Kier molecular flexibility index (Phi) is 5.43. The first-order valence-corrected chi connectivity index (χ1v) is 8.18. The number of benzene rings is 2. The number of nitro benzene ring substituents is 1. The van der Waals surface area contributed by atoms with E-state index in [1.165, 1.54) is 0 Å². The van der Waals surface area contributed by atoms with Gasteiger partial charge in [-0.3, -0.25) is 14.3 Å². The van der Waals surface area contributed by atoms with Crippen molar-refractivity contribution in [3.63, 3.8) is 0 Å². The van der Waals surface area contributed by atoms with E-state index in [4.69, 9.17) is 4.18 Å². The maximum atomic E-state index is 12.0. The van der Waals surface area contributed by atoms with Gasteiger partial charge in [-0.05, 0) is 17.7 Å². The monoisotopic (exact) mass is 337 g/mol. The standard InChI is InChI=1S/C15H15NO6S/c17-15(12-4-2-1-3-5-12)10-11-22-23(20,21)14-8-6-13(7-9-14)16(18)19/h1-9,15,17H,10-11H2. The van der Waals surface area contributed by atoms with Crippen LogP contribution in [0.2, 0.25) is 0 Å². The highest BCUT2D eigenvalue weighted by molar-refractivity contribution is 7.86. The predicted molar refractivity (Wildman–Crippen MR) is 82.3 cm³/mol. The Labute approximate surface area is 133 Å². The van der Waals surface area contributed by atoms with E-state index in [0.29, 0.717) is 5.56 Å². The van der Waals surface area contributed by atoms with Gasteiger partial charge in [-0.1, -0.05) is 30.3 Å². The second-order valence-corrected chi connectivity index (χ2v) is 6.36. The fourth-order valence-electron chi connectivity index (χ4n) is 1.91. The molecule has 0 saturated heterocycles. The first-order valence-electron chi connectivity index (χ1n) is 6.77. The number of rotatable bonds is 7. The van der Waals surface area contributed by atoms with Crippen molar-refractivity contribution in [2.45, 2.75) is 17.4 Å². The van der Waals surface area contributed by atoms with E-state index in [0.717, 1.165) is 24.3 Å². The summed E-state index contributed by atoms with van der Waals surface area (Å²) < 4.78 is 28.8. The molecule has 7 nitrogen and oxygen atoms in total. The molecule has 122 valence electrons. The molecule has 0 aliphatic rings. The van der Waals surface area contributed by atoms with Gasteiger partial charge in [0.15, 0.2) is 0 Å². The zero-order valence-corrected chi connectivity index (χ0v) is 12.8. The maximum absolute atomic E-state index is 12.0. The van der Waals surface area contributed by atoms with Crippen LogP contribution in [0.1, 0.15) is 18.1 Å². The van der Waals surface area contributed by atoms with Gasteiger partial charge in [-0.2, -0.15) is 8.42 Å². The Morgan fingerprint density at radius 1 is 1.09 bits per heavy atom. The van der Waals surface area contributed by atoms with Gasteiger partial charge in [0, 0.05) is 18.6 Å². The average molecular weight is 337 g/mol. The van der Waals surface area contributed by atoms with E-state index in [1.54, 1.807) is 24.3 Å². The lowest BCUT2D eigenvalue weighted by molar-refractivity contribution is -0.384. The van der Waals surface area contributed by atoms with Crippen LogP contribution < -0.4 is 0 Å². The summed E-state index contributed by atoms with van der Waals surface area (Å²) in [6.45, 7) is -0.199. The van der Waals surface area contributed by atoms with Crippen LogP contribution in [0.25, 0.3) is 0 Å². The normalized spacial score (nSPS) is 12.7. The molecule has 1 atom stereocenters. The largest absolute Gasteiger partial charge is 0.388 e. The van der Waals surface area contributed by atoms with Crippen molar-refractivity contribution >= 4 is 15.8 Å². The lowest BCUT2D eigenvalue weighted by atomic mass is 10.1. The van der Waals surface area contributed by atoms with Crippen molar-refractivity contribution < 1.29 is 22.6 Å². The summed E-state index contributed by atoms with van der Waals surface area (Å²) >= 11 is 0. The summed E-state index contributed by atoms with van der Waals surface area (Å²) in [6, 6.07) is 13.2. The number of hydrogen-bond acceptors (Lipinski definition) is 6. The minimum atomic E-state index is -4.01. The number of hydrogen-bond donors (Lipinski definition) is 1. The molecule has 8 heteroatoms. The summed E-state index contributed by atoms with van der Waals surface area (Å²) in [5.74, 6) is 0. The van der Waals surface area contributed by atoms with Crippen molar-refractivity contribution in [1.29, 1.82) is 0 Å². The SMILES string of the molecule is O=[N+]([O-])c1ccc(S(=O)(=O)OCCC(O)c2ccccc2)cc1. The van der Waals surface area contributed by atoms with Crippen LogP contribution >= 0.6 is 0 Å².